The van der Waals surface area contributed by atoms with Crippen molar-refractivity contribution in [2.45, 2.75) is 42.6 Å². The minimum atomic E-state index is -0.365. The smallest absolute Gasteiger partial charge is 0.238 e. The molecule has 5 nitrogen and oxygen atoms in total. The molecule has 3 atom stereocenters. The number of hydrogen-bond donors (Lipinski definition) is 1. The van der Waals surface area contributed by atoms with E-state index in [9.17, 15) is 9.59 Å². The minimum absolute atomic E-state index is 0.0223. The number of fused-ring (bicyclic) bond motifs is 1. The molecule has 0 radical (unpaired) electrons. The van der Waals surface area contributed by atoms with Crippen LogP contribution in [0.5, 0.6) is 0 Å². The SMILES string of the molecule is C[C@@H]1CN(C(=O)C[C@@H]2Sc3ccccc3NC2=O)C[C@H](C)O1. The van der Waals surface area contributed by atoms with Crippen LogP contribution < -0.4 is 5.32 Å². The normalized spacial score (nSPS) is 28.0. The van der Waals surface area contributed by atoms with E-state index in [1.54, 1.807) is 0 Å². The maximum absolute atomic E-state index is 12.5. The van der Waals surface area contributed by atoms with E-state index in [0.717, 1.165) is 10.6 Å². The Morgan fingerprint density at radius 1 is 1.32 bits per heavy atom. The fourth-order valence-corrected chi connectivity index (χ4v) is 4.00. The lowest BCUT2D eigenvalue weighted by Crippen LogP contribution is -2.49. The largest absolute Gasteiger partial charge is 0.372 e. The zero-order chi connectivity index (χ0) is 15.7. The quantitative estimate of drug-likeness (QED) is 0.907. The lowest BCUT2D eigenvalue weighted by Gasteiger charge is -2.36. The Labute approximate surface area is 134 Å². The highest BCUT2D eigenvalue weighted by Gasteiger charge is 2.32. The van der Waals surface area contributed by atoms with Crippen LogP contribution in [0.2, 0.25) is 0 Å². The van der Waals surface area contributed by atoms with Crippen molar-refractivity contribution in [2.75, 3.05) is 18.4 Å². The Bertz CT molecular complexity index is 583. The van der Waals surface area contributed by atoms with Gasteiger partial charge in [0, 0.05) is 24.4 Å². The molecule has 1 aromatic rings. The van der Waals surface area contributed by atoms with E-state index in [0.29, 0.717) is 13.1 Å². The van der Waals surface area contributed by atoms with Gasteiger partial charge in [-0.1, -0.05) is 12.1 Å². The number of ether oxygens (including phenoxy) is 1. The second kappa shape index (κ2) is 6.30. The summed E-state index contributed by atoms with van der Waals surface area (Å²) in [4.78, 5) is 27.5. The molecule has 3 rings (SSSR count). The number of morpholine rings is 1. The summed E-state index contributed by atoms with van der Waals surface area (Å²) in [5.41, 5.74) is 0.829. The van der Waals surface area contributed by atoms with Crippen molar-refractivity contribution in [3.05, 3.63) is 24.3 Å². The number of carbonyl (C=O) groups excluding carboxylic acids is 2. The van der Waals surface area contributed by atoms with Crippen LogP contribution in [0.4, 0.5) is 5.69 Å². The molecule has 1 fully saturated rings. The van der Waals surface area contributed by atoms with Crippen molar-refractivity contribution in [1.29, 1.82) is 0 Å². The van der Waals surface area contributed by atoms with E-state index in [4.69, 9.17) is 4.74 Å². The molecule has 0 saturated carbocycles. The van der Waals surface area contributed by atoms with Gasteiger partial charge in [-0.15, -0.1) is 11.8 Å². The number of nitrogens with one attached hydrogen (secondary N) is 1. The van der Waals surface area contributed by atoms with Crippen LogP contribution in [0.15, 0.2) is 29.2 Å². The molecule has 118 valence electrons. The molecule has 1 saturated heterocycles. The van der Waals surface area contributed by atoms with Gasteiger partial charge in [-0.05, 0) is 26.0 Å². The summed E-state index contributed by atoms with van der Waals surface area (Å²) < 4.78 is 5.65. The Morgan fingerprint density at radius 3 is 2.73 bits per heavy atom. The lowest BCUT2D eigenvalue weighted by molar-refractivity contribution is -0.143. The fourth-order valence-electron chi connectivity index (χ4n) is 2.90. The highest BCUT2D eigenvalue weighted by Crippen LogP contribution is 2.36. The number of carbonyl (C=O) groups is 2. The summed E-state index contributed by atoms with van der Waals surface area (Å²) in [5.74, 6) is -0.0690. The van der Waals surface area contributed by atoms with E-state index >= 15 is 0 Å². The molecule has 0 bridgehead atoms. The van der Waals surface area contributed by atoms with Gasteiger partial charge in [0.05, 0.1) is 23.1 Å². The second-order valence-corrected chi connectivity index (χ2v) is 7.10. The number of benzene rings is 1. The first kappa shape index (κ1) is 15.4. The van der Waals surface area contributed by atoms with E-state index in [1.807, 2.05) is 43.0 Å². The van der Waals surface area contributed by atoms with Gasteiger partial charge >= 0.3 is 0 Å². The van der Waals surface area contributed by atoms with Crippen molar-refractivity contribution in [3.8, 4) is 0 Å². The van der Waals surface area contributed by atoms with Crippen molar-refractivity contribution in [1.82, 2.24) is 4.90 Å². The van der Waals surface area contributed by atoms with Crippen LogP contribution >= 0.6 is 11.8 Å². The van der Waals surface area contributed by atoms with Gasteiger partial charge in [0.15, 0.2) is 0 Å². The molecule has 0 unspecified atom stereocenters. The van der Waals surface area contributed by atoms with E-state index < -0.39 is 0 Å². The molecule has 1 aromatic carbocycles. The Kier molecular flexibility index (Phi) is 4.40. The molecular formula is C16H20N2O3S. The first-order chi connectivity index (χ1) is 10.5. The summed E-state index contributed by atoms with van der Waals surface area (Å²) in [7, 11) is 0. The van der Waals surface area contributed by atoms with E-state index in [2.05, 4.69) is 5.32 Å². The summed E-state index contributed by atoms with van der Waals surface area (Å²) in [6.45, 7) is 5.13. The number of nitrogens with zero attached hydrogens (tertiary/aromatic N) is 1. The van der Waals surface area contributed by atoms with Gasteiger partial charge in [0.2, 0.25) is 11.8 Å². The summed E-state index contributed by atoms with van der Waals surface area (Å²) in [6, 6.07) is 7.68. The van der Waals surface area contributed by atoms with Crippen molar-refractivity contribution in [3.63, 3.8) is 0 Å². The molecule has 0 spiro atoms. The molecule has 2 heterocycles. The summed E-state index contributed by atoms with van der Waals surface area (Å²) in [6.07, 6.45) is 0.312. The highest BCUT2D eigenvalue weighted by atomic mass is 32.2. The molecule has 1 N–H and O–H groups in total. The number of hydrogen-bond acceptors (Lipinski definition) is 4. The van der Waals surface area contributed by atoms with E-state index in [-0.39, 0.29) is 35.7 Å². The lowest BCUT2D eigenvalue weighted by atomic mass is 10.2. The third-order valence-corrected chi connectivity index (χ3v) is 5.11. The molecular weight excluding hydrogens is 300 g/mol. The molecule has 6 heteroatoms. The molecule has 0 aromatic heterocycles. The Balaban J connectivity index is 1.66. The third kappa shape index (κ3) is 3.28. The molecule has 2 aliphatic rings. The minimum Gasteiger partial charge on any atom is -0.372 e. The maximum atomic E-state index is 12.5. The zero-order valence-electron chi connectivity index (χ0n) is 12.7. The average molecular weight is 320 g/mol. The Morgan fingerprint density at radius 2 is 2.00 bits per heavy atom. The second-order valence-electron chi connectivity index (χ2n) is 5.85. The van der Waals surface area contributed by atoms with Gasteiger partial charge in [0.1, 0.15) is 0 Å². The van der Waals surface area contributed by atoms with Crippen LogP contribution in [0, 0.1) is 0 Å². The summed E-state index contributed by atoms with van der Waals surface area (Å²) in [5, 5.41) is 2.52. The van der Waals surface area contributed by atoms with Gasteiger partial charge in [0.25, 0.3) is 0 Å². The maximum Gasteiger partial charge on any atom is 0.238 e. The van der Waals surface area contributed by atoms with Gasteiger partial charge in [-0.3, -0.25) is 9.59 Å². The summed E-state index contributed by atoms with van der Waals surface area (Å²) >= 11 is 1.47. The highest BCUT2D eigenvalue weighted by molar-refractivity contribution is 8.01. The van der Waals surface area contributed by atoms with Gasteiger partial charge in [-0.2, -0.15) is 0 Å². The van der Waals surface area contributed by atoms with E-state index in [1.165, 1.54) is 11.8 Å². The fraction of sp³-hybridized carbons (Fsp3) is 0.500. The number of amides is 2. The van der Waals surface area contributed by atoms with Crippen molar-refractivity contribution >= 4 is 29.3 Å². The molecule has 2 aliphatic heterocycles. The molecule has 0 aliphatic carbocycles. The van der Waals surface area contributed by atoms with Crippen molar-refractivity contribution < 1.29 is 14.3 Å². The first-order valence-electron chi connectivity index (χ1n) is 7.52. The third-order valence-electron chi connectivity index (χ3n) is 3.84. The predicted octanol–water partition coefficient (Wildman–Crippen LogP) is 2.13. The number of thioether (sulfide) groups is 1. The van der Waals surface area contributed by atoms with Crippen LogP contribution in [-0.4, -0.2) is 47.3 Å². The number of para-hydroxylation sites is 1. The van der Waals surface area contributed by atoms with Gasteiger partial charge < -0.3 is 15.0 Å². The number of anilines is 1. The monoisotopic (exact) mass is 320 g/mol. The first-order valence-corrected chi connectivity index (χ1v) is 8.40. The zero-order valence-corrected chi connectivity index (χ0v) is 13.6. The van der Waals surface area contributed by atoms with Crippen LogP contribution in [0.25, 0.3) is 0 Å². The van der Waals surface area contributed by atoms with Crippen molar-refractivity contribution in [2.24, 2.45) is 0 Å². The topological polar surface area (TPSA) is 58.6 Å². The van der Waals surface area contributed by atoms with Crippen LogP contribution in [0.1, 0.15) is 20.3 Å². The Hall–Kier alpha value is -1.53. The van der Waals surface area contributed by atoms with Crippen LogP contribution in [-0.2, 0) is 14.3 Å². The molecule has 2 amide bonds. The molecule has 22 heavy (non-hydrogen) atoms. The standard InChI is InChI=1S/C16H20N2O3S/c1-10-8-18(9-11(2)21-10)15(19)7-14-16(20)17-12-5-3-4-6-13(12)22-14/h3-6,10-11,14H,7-9H2,1-2H3,(H,17,20)/t10-,11+,14-/m0/s1. The number of rotatable bonds is 2. The van der Waals surface area contributed by atoms with Crippen LogP contribution in [0.3, 0.4) is 0 Å². The van der Waals surface area contributed by atoms with Gasteiger partial charge in [-0.25, -0.2) is 0 Å². The predicted molar refractivity (Wildman–Crippen MR) is 85.9 cm³/mol. The average Bonchev–Trinajstić information content (AvgIpc) is 2.47.